The summed E-state index contributed by atoms with van der Waals surface area (Å²) in [6, 6.07) is 20.9. The fourth-order valence-corrected chi connectivity index (χ4v) is 4.76. The molecule has 7 nitrogen and oxygen atoms in total. The number of aryl methyl sites for hydroxylation is 2. The molecule has 2 N–H and O–H groups in total. The second-order valence-corrected chi connectivity index (χ2v) is 9.71. The van der Waals surface area contributed by atoms with Gasteiger partial charge < -0.3 is 5.32 Å². The zero-order chi connectivity index (χ0) is 24.5. The minimum atomic E-state index is -3.95. The van der Waals surface area contributed by atoms with Crippen LogP contribution in [0.1, 0.15) is 28.4 Å². The van der Waals surface area contributed by atoms with E-state index in [4.69, 9.17) is 4.98 Å². The van der Waals surface area contributed by atoms with Crippen LogP contribution in [0.4, 0.5) is 5.69 Å². The average Bonchev–Trinajstić information content (AvgIpc) is 2.78. The maximum Gasteiger partial charge on any atom is 0.264 e. The van der Waals surface area contributed by atoms with E-state index in [0.717, 1.165) is 23.6 Å². The molecule has 0 fully saturated rings. The molecule has 0 bridgehead atoms. The molecular formula is C26H23N3O4S. The summed E-state index contributed by atoms with van der Waals surface area (Å²) in [7, 11) is -3.95. The highest BCUT2D eigenvalue weighted by molar-refractivity contribution is 7.90. The Bertz CT molecular complexity index is 1530. The summed E-state index contributed by atoms with van der Waals surface area (Å²) in [5.74, 6) is -1.02. The van der Waals surface area contributed by atoms with Crippen LogP contribution < -0.4 is 10.0 Å². The van der Waals surface area contributed by atoms with Gasteiger partial charge in [-0.2, -0.15) is 0 Å². The van der Waals surface area contributed by atoms with Crippen LogP contribution in [0.5, 0.6) is 0 Å². The Labute approximate surface area is 197 Å². The molecule has 2 amide bonds. The number of sulfonamides is 1. The van der Waals surface area contributed by atoms with Crippen LogP contribution in [0.3, 0.4) is 0 Å². The van der Waals surface area contributed by atoms with Gasteiger partial charge in [0.2, 0.25) is 5.91 Å². The van der Waals surface area contributed by atoms with Crippen molar-refractivity contribution in [2.45, 2.75) is 25.7 Å². The normalized spacial score (nSPS) is 11.3. The summed E-state index contributed by atoms with van der Waals surface area (Å²) in [6.45, 7) is 5.16. The Kier molecular flexibility index (Phi) is 6.17. The lowest BCUT2D eigenvalue weighted by Crippen LogP contribution is -2.28. The quantitative estimate of drug-likeness (QED) is 0.441. The molecule has 8 heteroatoms. The largest absolute Gasteiger partial charge is 0.322 e. The van der Waals surface area contributed by atoms with E-state index in [1.807, 2.05) is 55.0 Å². The molecule has 0 aliphatic heterocycles. The summed E-state index contributed by atoms with van der Waals surface area (Å²) in [5.41, 5.74) is 5.41. The highest BCUT2D eigenvalue weighted by Gasteiger charge is 2.17. The first kappa shape index (κ1) is 23.1. The van der Waals surface area contributed by atoms with Gasteiger partial charge >= 0.3 is 0 Å². The number of para-hydroxylation sites is 1. The van der Waals surface area contributed by atoms with E-state index in [2.05, 4.69) is 11.4 Å². The zero-order valence-corrected chi connectivity index (χ0v) is 19.7. The molecular weight excluding hydrogens is 450 g/mol. The van der Waals surface area contributed by atoms with Crippen molar-refractivity contribution in [1.29, 1.82) is 0 Å². The fourth-order valence-electron chi connectivity index (χ4n) is 3.77. The van der Waals surface area contributed by atoms with E-state index in [9.17, 15) is 18.0 Å². The van der Waals surface area contributed by atoms with Crippen molar-refractivity contribution in [2.24, 2.45) is 0 Å². The van der Waals surface area contributed by atoms with E-state index >= 15 is 0 Å². The maximum atomic E-state index is 13.3. The monoisotopic (exact) mass is 473 g/mol. The zero-order valence-electron chi connectivity index (χ0n) is 18.9. The molecule has 0 radical (unpaired) electrons. The van der Waals surface area contributed by atoms with Crippen LogP contribution in [0.15, 0.2) is 77.7 Å². The number of carbonyl (C=O) groups excluding carboxylic acids is 2. The number of amides is 2. The number of fused-ring (bicyclic) bond motifs is 1. The van der Waals surface area contributed by atoms with Crippen molar-refractivity contribution in [1.82, 2.24) is 9.71 Å². The minimum absolute atomic E-state index is 0.0767. The Balaban J connectivity index is 1.69. The molecule has 34 heavy (non-hydrogen) atoms. The number of pyridine rings is 1. The molecule has 172 valence electrons. The molecule has 0 saturated carbocycles. The number of nitrogens with zero attached hydrogens (tertiary/aromatic N) is 1. The molecule has 0 aliphatic carbocycles. The lowest BCUT2D eigenvalue weighted by molar-refractivity contribution is -0.117. The second kappa shape index (κ2) is 9.07. The molecule has 4 aromatic rings. The molecule has 3 aromatic carbocycles. The van der Waals surface area contributed by atoms with Crippen LogP contribution in [0.2, 0.25) is 0 Å². The van der Waals surface area contributed by atoms with Gasteiger partial charge in [0.15, 0.2) is 0 Å². The van der Waals surface area contributed by atoms with Crippen molar-refractivity contribution >= 4 is 38.4 Å². The SMILES string of the molecule is CC(=O)NS(=O)(=O)c1ccc(NC(=O)c2cc(-c3ccc(C)cc3C)nc3ccccc23)cc1. The number of carbonyl (C=O) groups is 2. The van der Waals surface area contributed by atoms with E-state index in [0.29, 0.717) is 27.8 Å². The standard InChI is InChI=1S/C26H23N3O4S/c1-16-8-13-21(17(2)14-16)25-15-23(22-6-4-5-7-24(22)28-25)26(31)27-19-9-11-20(12-10-19)34(32,33)29-18(3)30/h4-15H,1-3H3,(H,27,31)(H,29,30). The number of rotatable bonds is 5. The summed E-state index contributed by atoms with van der Waals surface area (Å²) < 4.78 is 26.2. The summed E-state index contributed by atoms with van der Waals surface area (Å²) in [4.78, 5) is 29.1. The fraction of sp³-hybridized carbons (Fsp3) is 0.115. The van der Waals surface area contributed by atoms with Crippen molar-refractivity contribution < 1.29 is 18.0 Å². The summed E-state index contributed by atoms with van der Waals surface area (Å²) in [5, 5.41) is 3.53. The van der Waals surface area contributed by atoms with E-state index in [1.54, 1.807) is 6.07 Å². The molecule has 0 unspecified atom stereocenters. The number of hydrogen-bond donors (Lipinski definition) is 2. The Morgan fingerprint density at radius 3 is 2.26 bits per heavy atom. The van der Waals surface area contributed by atoms with Crippen LogP contribution >= 0.6 is 0 Å². The molecule has 0 saturated heterocycles. The number of hydrogen-bond acceptors (Lipinski definition) is 5. The van der Waals surface area contributed by atoms with Crippen molar-refractivity contribution in [3.63, 3.8) is 0 Å². The molecule has 1 heterocycles. The Morgan fingerprint density at radius 2 is 1.59 bits per heavy atom. The van der Waals surface area contributed by atoms with E-state index < -0.39 is 15.9 Å². The molecule has 4 rings (SSSR count). The van der Waals surface area contributed by atoms with Crippen molar-refractivity contribution in [2.75, 3.05) is 5.32 Å². The Hall–Kier alpha value is -4.04. The van der Waals surface area contributed by atoms with Gasteiger partial charge in [0.25, 0.3) is 15.9 Å². The third kappa shape index (κ3) is 4.82. The number of benzene rings is 3. The predicted octanol–water partition coefficient (Wildman–Crippen LogP) is 4.60. The predicted molar refractivity (Wildman–Crippen MR) is 132 cm³/mol. The molecule has 0 spiro atoms. The highest BCUT2D eigenvalue weighted by Crippen LogP contribution is 2.28. The third-order valence-electron chi connectivity index (χ3n) is 5.32. The molecule has 0 aliphatic rings. The van der Waals surface area contributed by atoms with Crippen molar-refractivity contribution in [3.8, 4) is 11.3 Å². The van der Waals surface area contributed by atoms with Gasteiger partial charge in [0.05, 0.1) is 21.7 Å². The van der Waals surface area contributed by atoms with Gasteiger partial charge in [-0.25, -0.2) is 18.1 Å². The third-order valence-corrected chi connectivity index (χ3v) is 6.77. The summed E-state index contributed by atoms with van der Waals surface area (Å²) >= 11 is 0. The average molecular weight is 474 g/mol. The van der Waals surface area contributed by atoms with Crippen LogP contribution in [-0.2, 0) is 14.8 Å². The van der Waals surface area contributed by atoms with E-state index in [-0.39, 0.29) is 10.8 Å². The lowest BCUT2D eigenvalue weighted by Gasteiger charge is -2.13. The second-order valence-electron chi connectivity index (χ2n) is 8.03. The number of nitrogens with one attached hydrogen (secondary N) is 2. The van der Waals surface area contributed by atoms with Gasteiger partial charge in [-0.3, -0.25) is 9.59 Å². The Morgan fingerprint density at radius 1 is 0.882 bits per heavy atom. The van der Waals surface area contributed by atoms with Gasteiger partial charge in [-0.1, -0.05) is 42.0 Å². The van der Waals surface area contributed by atoms with Crippen molar-refractivity contribution in [3.05, 3.63) is 89.5 Å². The smallest absolute Gasteiger partial charge is 0.264 e. The highest BCUT2D eigenvalue weighted by atomic mass is 32.2. The van der Waals surface area contributed by atoms with Gasteiger partial charge in [-0.05, 0) is 55.8 Å². The van der Waals surface area contributed by atoms with Gasteiger partial charge in [0, 0.05) is 23.6 Å². The minimum Gasteiger partial charge on any atom is -0.322 e. The van der Waals surface area contributed by atoms with Crippen LogP contribution in [0.25, 0.3) is 22.2 Å². The number of anilines is 1. The number of aromatic nitrogens is 1. The van der Waals surface area contributed by atoms with Gasteiger partial charge in [0.1, 0.15) is 0 Å². The van der Waals surface area contributed by atoms with Crippen LogP contribution in [0, 0.1) is 13.8 Å². The first-order valence-corrected chi connectivity index (χ1v) is 12.0. The topological polar surface area (TPSA) is 105 Å². The van der Waals surface area contributed by atoms with Gasteiger partial charge in [-0.15, -0.1) is 0 Å². The maximum absolute atomic E-state index is 13.3. The first-order chi connectivity index (χ1) is 16.1. The molecule has 0 atom stereocenters. The van der Waals surface area contributed by atoms with Crippen LogP contribution in [-0.4, -0.2) is 25.2 Å². The summed E-state index contributed by atoms with van der Waals surface area (Å²) in [6.07, 6.45) is 0. The first-order valence-electron chi connectivity index (χ1n) is 10.6. The lowest BCUT2D eigenvalue weighted by atomic mass is 9.99. The molecule has 1 aromatic heterocycles. The van der Waals surface area contributed by atoms with E-state index in [1.165, 1.54) is 24.3 Å².